The van der Waals surface area contributed by atoms with E-state index in [1.807, 2.05) is 32.0 Å². The topological polar surface area (TPSA) is 91.4 Å². The molecular weight excluding hydrogens is 424 g/mol. The van der Waals surface area contributed by atoms with Gasteiger partial charge in [0.15, 0.2) is 0 Å². The second kappa shape index (κ2) is 9.43. The van der Waals surface area contributed by atoms with Gasteiger partial charge in [-0.3, -0.25) is 19.3 Å². The molecule has 0 aromatic heterocycles. The number of amides is 3. The summed E-state index contributed by atoms with van der Waals surface area (Å²) in [6, 6.07) is 3.66. The Bertz CT molecular complexity index is 962. The molecule has 3 aliphatic heterocycles. The van der Waals surface area contributed by atoms with Crippen LogP contribution in [0.25, 0.3) is 6.08 Å². The molecule has 33 heavy (non-hydrogen) atoms. The summed E-state index contributed by atoms with van der Waals surface area (Å²) in [6.07, 6.45) is 4.67. The van der Waals surface area contributed by atoms with E-state index >= 15 is 0 Å². The smallest absolute Gasteiger partial charge is 0.249 e. The standard InChI is InChI=1S/C24H32N4O5/c1-15(26(2)3)23(30)28-13-10-20-21(28)24(31)27-12-5-6-18(27)22(29)25-11-9-16-14-17(33-20)7-8-19(16)32-4/h7-9,11,14-15,18,20-21H,5-6,10,12-13H2,1-4H3,(H,25,29)/b11-9-. The van der Waals surface area contributed by atoms with Crippen LogP contribution in [0.5, 0.6) is 11.5 Å². The number of carbonyl (C=O) groups is 3. The largest absolute Gasteiger partial charge is 0.496 e. The summed E-state index contributed by atoms with van der Waals surface area (Å²) in [5.41, 5.74) is 0.743. The van der Waals surface area contributed by atoms with Gasteiger partial charge in [0.05, 0.1) is 13.2 Å². The van der Waals surface area contributed by atoms with Gasteiger partial charge in [-0.25, -0.2) is 0 Å². The Labute approximate surface area is 194 Å². The third kappa shape index (κ3) is 4.42. The molecule has 0 spiro atoms. The first-order valence-electron chi connectivity index (χ1n) is 11.4. The van der Waals surface area contributed by atoms with Gasteiger partial charge in [-0.2, -0.15) is 0 Å². The fourth-order valence-corrected chi connectivity index (χ4v) is 4.76. The second-order valence-electron chi connectivity index (χ2n) is 9.00. The molecule has 2 bridgehead atoms. The molecule has 1 N–H and O–H groups in total. The minimum Gasteiger partial charge on any atom is -0.496 e. The van der Waals surface area contributed by atoms with Crippen LogP contribution in [-0.2, 0) is 14.4 Å². The highest BCUT2D eigenvalue weighted by molar-refractivity contribution is 5.94. The maximum absolute atomic E-state index is 13.8. The van der Waals surface area contributed by atoms with Gasteiger partial charge in [-0.15, -0.1) is 0 Å². The van der Waals surface area contributed by atoms with Crippen LogP contribution in [0, 0.1) is 0 Å². The minimum atomic E-state index is -0.785. The summed E-state index contributed by atoms with van der Waals surface area (Å²) >= 11 is 0. The summed E-state index contributed by atoms with van der Waals surface area (Å²) in [5.74, 6) is 0.636. The highest BCUT2D eigenvalue weighted by Gasteiger charge is 2.48. The lowest BCUT2D eigenvalue weighted by Crippen LogP contribution is -2.58. The third-order valence-electron chi connectivity index (χ3n) is 6.83. The lowest BCUT2D eigenvalue weighted by Gasteiger charge is -2.35. The Morgan fingerprint density at radius 2 is 2.03 bits per heavy atom. The first-order chi connectivity index (χ1) is 15.8. The molecule has 3 aliphatic rings. The van der Waals surface area contributed by atoms with Crippen molar-refractivity contribution in [2.75, 3.05) is 34.3 Å². The molecule has 178 valence electrons. The number of hydrogen-bond donors (Lipinski definition) is 1. The minimum absolute atomic E-state index is 0.119. The number of likely N-dealkylation sites (N-methyl/N-ethyl adjacent to an activating group) is 1. The Morgan fingerprint density at radius 1 is 1.24 bits per heavy atom. The highest BCUT2D eigenvalue weighted by atomic mass is 16.5. The van der Waals surface area contributed by atoms with Crippen molar-refractivity contribution in [3.8, 4) is 11.5 Å². The van der Waals surface area contributed by atoms with Crippen molar-refractivity contribution in [3.05, 3.63) is 30.0 Å². The van der Waals surface area contributed by atoms with Crippen LogP contribution in [0.4, 0.5) is 0 Å². The Kier molecular flexibility index (Phi) is 6.60. The third-order valence-corrected chi connectivity index (χ3v) is 6.83. The zero-order valence-electron chi connectivity index (χ0n) is 19.6. The molecule has 3 amide bonds. The van der Waals surface area contributed by atoms with E-state index in [0.29, 0.717) is 37.4 Å². The fourth-order valence-electron chi connectivity index (χ4n) is 4.76. The van der Waals surface area contributed by atoms with Gasteiger partial charge >= 0.3 is 0 Å². The van der Waals surface area contributed by atoms with Crippen LogP contribution < -0.4 is 14.8 Å². The quantitative estimate of drug-likeness (QED) is 0.732. The van der Waals surface area contributed by atoms with E-state index in [4.69, 9.17) is 9.47 Å². The van der Waals surface area contributed by atoms with Crippen LogP contribution in [0.1, 0.15) is 31.7 Å². The lowest BCUT2D eigenvalue weighted by atomic mass is 10.1. The highest BCUT2D eigenvalue weighted by Crippen LogP contribution is 2.32. The molecule has 1 aromatic carbocycles. The van der Waals surface area contributed by atoms with Gasteiger partial charge in [-0.05, 0) is 58.1 Å². The molecule has 4 rings (SSSR count). The van der Waals surface area contributed by atoms with Crippen molar-refractivity contribution in [3.63, 3.8) is 0 Å². The van der Waals surface area contributed by atoms with Gasteiger partial charge in [0, 0.05) is 31.3 Å². The molecule has 4 unspecified atom stereocenters. The van der Waals surface area contributed by atoms with Gasteiger partial charge in [-0.1, -0.05) is 0 Å². The average molecular weight is 457 g/mol. The van der Waals surface area contributed by atoms with Gasteiger partial charge in [0.25, 0.3) is 0 Å². The predicted molar refractivity (Wildman–Crippen MR) is 123 cm³/mol. The number of nitrogens with one attached hydrogen (secondary N) is 1. The maximum atomic E-state index is 13.8. The molecule has 4 atom stereocenters. The van der Waals surface area contributed by atoms with E-state index < -0.39 is 18.2 Å². The van der Waals surface area contributed by atoms with E-state index in [2.05, 4.69) is 5.32 Å². The zero-order chi connectivity index (χ0) is 23.7. The monoisotopic (exact) mass is 456 g/mol. The van der Waals surface area contributed by atoms with E-state index in [-0.39, 0.29) is 23.8 Å². The van der Waals surface area contributed by atoms with Crippen LogP contribution >= 0.6 is 0 Å². The average Bonchev–Trinajstić information content (AvgIpc) is 3.45. The Balaban J connectivity index is 1.74. The van der Waals surface area contributed by atoms with E-state index in [0.717, 1.165) is 12.0 Å². The summed E-state index contributed by atoms with van der Waals surface area (Å²) in [4.78, 5) is 45.1. The van der Waals surface area contributed by atoms with Crippen molar-refractivity contribution in [1.82, 2.24) is 20.0 Å². The van der Waals surface area contributed by atoms with Crippen LogP contribution in [-0.4, -0.2) is 90.9 Å². The summed E-state index contributed by atoms with van der Waals surface area (Å²) in [5, 5.41) is 2.80. The van der Waals surface area contributed by atoms with Crippen molar-refractivity contribution in [2.24, 2.45) is 0 Å². The van der Waals surface area contributed by atoms with Gasteiger partial charge in [0.2, 0.25) is 17.7 Å². The number of nitrogens with zero attached hydrogens (tertiary/aromatic N) is 3. The molecule has 3 heterocycles. The SMILES string of the molecule is COc1ccc2cc1/C=C\NC(=O)C1CCCN1C(=O)C1C(CCN1C(=O)C(C)N(C)C)O2. The second-order valence-corrected chi connectivity index (χ2v) is 9.00. The van der Waals surface area contributed by atoms with Crippen LogP contribution in [0.2, 0.25) is 0 Å². The van der Waals surface area contributed by atoms with E-state index in [1.165, 1.54) is 0 Å². The number of benzene rings is 1. The fraction of sp³-hybridized carbons (Fsp3) is 0.542. The molecule has 9 nitrogen and oxygen atoms in total. The molecule has 9 heteroatoms. The van der Waals surface area contributed by atoms with Crippen molar-refractivity contribution >= 4 is 23.8 Å². The number of rotatable bonds is 3. The molecule has 0 radical (unpaired) electrons. The van der Waals surface area contributed by atoms with Gasteiger partial charge < -0.3 is 24.6 Å². The molecule has 0 aliphatic carbocycles. The number of likely N-dealkylation sites (tertiary alicyclic amines) is 1. The van der Waals surface area contributed by atoms with Gasteiger partial charge in [0.1, 0.15) is 29.7 Å². The number of hydrogen-bond acceptors (Lipinski definition) is 6. The number of ether oxygens (including phenoxy) is 2. The number of fused-ring (bicyclic) bond motifs is 4. The molecule has 2 fully saturated rings. The molecule has 1 aromatic rings. The molecule has 0 saturated carbocycles. The summed E-state index contributed by atoms with van der Waals surface area (Å²) in [7, 11) is 5.26. The first kappa shape index (κ1) is 23.1. The Hall–Kier alpha value is -3.07. The van der Waals surface area contributed by atoms with Crippen molar-refractivity contribution < 1.29 is 23.9 Å². The predicted octanol–water partition coefficient (Wildman–Crippen LogP) is 1.09. The van der Waals surface area contributed by atoms with Crippen molar-refractivity contribution in [1.29, 1.82) is 0 Å². The van der Waals surface area contributed by atoms with Crippen LogP contribution in [0.15, 0.2) is 24.4 Å². The lowest BCUT2D eigenvalue weighted by molar-refractivity contribution is -0.150. The molecular formula is C24H32N4O5. The van der Waals surface area contributed by atoms with E-state index in [1.54, 1.807) is 41.3 Å². The normalized spacial score (nSPS) is 26.9. The van der Waals surface area contributed by atoms with Crippen molar-refractivity contribution in [2.45, 2.75) is 50.4 Å². The first-order valence-corrected chi connectivity index (χ1v) is 11.4. The van der Waals surface area contributed by atoms with E-state index in [9.17, 15) is 14.4 Å². The summed E-state index contributed by atoms with van der Waals surface area (Å²) < 4.78 is 11.7. The Morgan fingerprint density at radius 3 is 2.76 bits per heavy atom. The number of carbonyl (C=O) groups excluding carboxylic acids is 3. The maximum Gasteiger partial charge on any atom is 0.249 e. The molecule has 2 saturated heterocycles. The summed E-state index contributed by atoms with van der Waals surface area (Å²) in [6.45, 7) is 2.73. The zero-order valence-corrected chi connectivity index (χ0v) is 19.6. The van der Waals surface area contributed by atoms with Crippen LogP contribution in [0.3, 0.4) is 0 Å². The number of methoxy groups -OCH3 is 1.